The van der Waals surface area contributed by atoms with Gasteiger partial charge in [-0.2, -0.15) is 0 Å². The summed E-state index contributed by atoms with van der Waals surface area (Å²) in [5.74, 6) is 1.10. The first-order valence-corrected chi connectivity index (χ1v) is 8.33. The van der Waals surface area contributed by atoms with Crippen LogP contribution in [-0.4, -0.2) is 54.4 Å². The maximum absolute atomic E-state index is 12.2. The number of anilines is 1. The van der Waals surface area contributed by atoms with Crippen molar-refractivity contribution in [3.05, 3.63) is 24.4 Å². The third-order valence-corrected chi connectivity index (χ3v) is 4.30. The molecule has 1 fully saturated rings. The minimum atomic E-state index is 0.00650. The number of rotatable bonds is 6. The van der Waals surface area contributed by atoms with Gasteiger partial charge in [0.1, 0.15) is 5.82 Å². The molecule has 0 saturated carbocycles. The average molecular weight is 318 g/mol. The van der Waals surface area contributed by atoms with Crippen LogP contribution in [0.15, 0.2) is 24.4 Å². The molecular formula is C17H26N4O2. The van der Waals surface area contributed by atoms with Crippen LogP contribution in [0.2, 0.25) is 0 Å². The first-order chi connectivity index (χ1) is 11.1. The van der Waals surface area contributed by atoms with Crippen LogP contribution in [0.3, 0.4) is 0 Å². The Morgan fingerprint density at radius 2 is 2.00 bits per heavy atom. The minimum Gasteiger partial charge on any atom is -0.355 e. The van der Waals surface area contributed by atoms with Crippen molar-refractivity contribution in [2.24, 2.45) is 5.92 Å². The number of nitrogens with one attached hydrogen (secondary N) is 1. The number of hydrogen-bond acceptors (Lipinski definition) is 4. The van der Waals surface area contributed by atoms with Crippen molar-refractivity contribution < 1.29 is 9.59 Å². The lowest BCUT2D eigenvalue weighted by Crippen LogP contribution is -2.49. The average Bonchev–Trinajstić information content (AvgIpc) is 2.61. The van der Waals surface area contributed by atoms with Crippen molar-refractivity contribution in [2.75, 3.05) is 37.6 Å². The second-order valence-electron chi connectivity index (χ2n) is 5.91. The van der Waals surface area contributed by atoms with Gasteiger partial charge >= 0.3 is 0 Å². The lowest BCUT2D eigenvalue weighted by atomic mass is 10.1. The molecule has 0 spiro atoms. The van der Waals surface area contributed by atoms with Gasteiger partial charge in [0, 0.05) is 51.3 Å². The van der Waals surface area contributed by atoms with E-state index >= 15 is 0 Å². The highest BCUT2D eigenvalue weighted by atomic mass is 16.2. The van der Waals surface area contributed by atoms with Gasteiger partial charge in [-0.15, -0.1) is 0 Å². The van der Waals surface area contributed by atoms with Crippen molar-refractivity contribution in [1.82, 2.24) is 15.2 Å². The molecule has 126 valence electrons. The number of piperazine rings is 1. The van der Waals surface area contributed by atoms with E-state index in [1.54, 1.807) is 6.20 Å². The summed E-state index contributed by atoms with van der Waals surface area (Å²) in [5, 5.41) is 2.83. The van der Waals surface area contributed by atoms with E-state index in [4.69, 9.17) is 0 Å². The highest BCUT2D eigenvalue weighted by Gasteiger charge is 2.21. The molecule has 2 amide bonds. The molecule has 6 nitrogen and oxygen atoms in total. The van der Waals surface area contributed by atoms with Crippen LogP contribution in [0, 0.1) is 5.92 Å². The Bertz CT molecular complexity index is 513. The van der Waals surface area contributed by atoms with E-state index in [1.807, 2.05) is 36.9 Å². The number of hydrogen-bond donors (Lipinski definition) is 1. The molecule has 0 aliphatic carbocycles. The van der Waals surface area contributed by atoms with Gasteiger partial charge in [-0.1, -0.05) is 19.9 Å². The fraction of sp³-hybridized carbons (Fsp3) is 0.588. The first-order valence-electron chi connectivity index (χ1n) is 8.33. The first kappa shape index (κ1) is 17.2. The van der Waals surface area contributed by atoms with Gasteiger partial charge in [0.2, 0.25) is 11.8 Å². The zero-order valence-corrected chi connectivity index (χ0v) is 14.0. The zero-order chi connectivity index (χ0) is 16.7. The Kier molecular flexibility index (Phi) is 6.38. The molecular weight excluding hydrogens is 292 g/mol. The van der Waals surface area contributed by atoms with Crippen molar-refractivity contribution in [1.29, 1.82) is 0 Å². The van der Waals surface area contributed by atoms with E-state index < -0.39 is 0 Å². The predicted octanol–water partition coefficient (Wildman–Crippen LogP) is 1.28. The van der Waals surface area contributed by atoms with Crippen LogP contribution in [0.4, 0.5) is 5.82 Å². The van der Waals surface area contributed by atoms with Crippen LogP contribution < -0.4 is 10.2 Å². The van der Waals surface area contributed by atoms with Gasteiger partial charge in [-0.25, -0.2) is 4.98 Å². The van der Waals surface area contributed by atoms with Crippen LogP contribution in [0.25, 0.3) is 0 Å². The number of pyridine rings is 1. The maximum Gasteiger partial charge on any atom is 0.224 e. The quantitative estimate of drug-likeness (QED) is 0.858. The smallest absolute Gasteiger partial charge is 0.224 e. The fourth-order valence-electron chi connectivity index (χ4n) is 2.54. The van der Waals surface area contributed by atoms with Gasteiger partial charge in [-0.05, 0) is 18.6 Å². The number of aromatic nitrogens is 1. The van der Waals surface area contributed by atoms with Gasteiger partial charge in [-0.3, -0.25) is 9.59 Å². The minimum absolute atomic E-state index is 0.00650. The summed E-state index contributed by atoms with van der Waals surface area (Å²) in [6, 6.07) is 5.86. The maximum atomic E-state index is 12.2. The summed E-state index contributed by atoms with van der Waals surface area (Å²) in [7, 11) is 0. The zero-order valence-electron chi connectivity index (χ0n) is 14.0. The standard InChI is InChI=1S/C17H26N4O2/c1-3-14(2)17(23)19-9-7-16(22)21-12-10-20(11-13-21)15-6-4-5-8-18-15/h4-6,8,14H,3,7,9-13H2,1-2H3,(H,19,23)/t14-/m0/s1. The van der Waals surface area contributed by atoms with Crippen LogP contribution in [0.5, 0.6) is 0 Å². The highest BCUT2D eigenvalue weighted by Crippen LogP contribution is 2.12. The predicted molar refractivity (Wildman–Crippen MR) is 90.1 cm³/mol. The summed E-state index contributed by atoms with van der Waals surface area (Å²) < 4.78 is 0. The number of nitrogens with zero attached hydrogens (tertiary/aromatic N) is 3. The Labute approximate surface area is 137 Å². The normalized spacial score (nSPS) is 16.1. The SMILES string of the molecule is CC[C@H](C)C(=O)NCCC(=O)N1CCN(c2ccccn2)CC1. The monoisotopic (exact) mass is 318 g/mol. The van der Waals surface area contributed by atoms with Gasteiger partial charge < -0.3 is 15.1 Å². The summed E-state index contributed by atoms with van der Waals surface area (Å²) in [4.78, 5) is 32.3. The van der Waals surface area contributed by atoms with Crippen LogP contribution >= 0.6 is 0 Å². The van der Waals surface area contributed by atoms with Gasteiger partial charge in [0.05, 0.1) is 0 Å². The number of carbonyl (C=O) groups excluding carboxylic acids is 2. The third kappa shape index (κ3) is 4.94. The largest absolute Gasteiger partial charge is 0.355 e. The molecule has 1 aromatic heterocycles. The molecule has 1 N–H and O–H groups in total. The molecule has 1 aromatic rings. The van der Waals surface area contributed by atoms with E-state index in [9.17, 15) is 9.59 Å². The molecule has 1 aliphatic rings. The van der Waals surface area contributed by atoms with Crippen molar-refractivity contribution in [3.8, 4) is 0 Å². The molecule has 1 atom stereocenters. The van der Waals surface area contributed by atoms with E-state index in [2.05, 4.69) is 15.2 Å². The third-order valence-electron chi connectivity index (χ3n) is 4.30. The molecule has 0 unspecified atom stereocenters. The Morgan fingerprint density at radius 1 is 1.26 bits per heavy atom. The second-order valence-corrected chi connectivity index (χ2v) is 5.91. The Hall–Kier alpha value is -2.11. The molecule has 0 radical (unpaired) electrons. The van der Waals surface area contributed by atoms with Crippen molar-refractivity contribution >= 4 is 17.6 Å². The fourth-order valence-corrected chi connectivity index (χ4v) is 2.54. The lowest BCUT2D eigenvalue weighted by Gasteiger charge is -2.35. The molecule has 0 aromatic carbocycles. The van der Waals surface area contributed by atoms with Gasteiger partial charge in [0.25, 0.3) is 0 Å². The molecule has 1 saturated heterocycles. The topological polar surface area (TPSA) is 65.5 Å². The van der Waals surface area contributed by atoms with E-state index in [-0.39, 0.29) is 17.7 Å². The molecule has 1 aliphatic heterocycles. The van der Waals surface area contributed by atoms with Crippen LogP contribution in [0.1, 0.15) is 26.7 Å². The summed E-state index contributed by atoms with van der Waals surface area (Å²) in [6.07, 6.45) is 2.97. The molecule has 6 heteroatoms. The van der Waals surface area contributed by atoms with E-state index in [1.165, 1.54) is 0 Å². The van der Waals surface area contributed by atoms with E-state index in [0.29, 0.717) is 26.1 Å². The summed E-state index contributed by atoms with van der Waals surface area (Å²) in [6.45, 7) is 7.29. The molecule has 23 heavy (non-hydrogen) atoms. The summed E-state index contributed by atoms with van der Waals surface area (Å²) in [5.41, 5.74) is 0. The van der Waals surface area contributed by atoms with Crippen molar-refractivity contribution in [2.45, 2.75) is 26.7 Å². The highest BCUT2D eigenvalue weighted by molar-refractivity contribution is 5.80. The van der Waals surface area contributed by atoms with Gasteiger partial charge in [0.15, 0.2) is 0 Å². The number of carbonyl (C=O) groups is 2. The Balaban J connectivity index is 1.70. The lowest BCUT2D eigenvalue weighted by molar-refractivity contribution is -0.131. The Morgan fingerprint density at radius 3 is 2.61 bits per heavy atom. The van der Waals surface area contributed by atoms with Crippen LogP contribution in [-0.2, 0) is 9.59 Å². The van der Waals surface area contributed by atoms with E-state index in [0.717, 1.165) is 25.3 Å². The molecule has 0 bridgehead atoms. The number of amides is 2. The molecule has 2 heterocycles. The van der Waals surface area contributed by atoms with Crippen molar-refractivity contribution in [3.63, 3.8) is 0 Å². The second kappa shape index (κ2) is 8.50. The molecule has 2 rings (SSSR count). The summed E-state index contributed by atoms with van der Waals surface area (Å²) >= 11 is 0.